The average Bonchev–Trinajstić information content (AvgIpc) is 3.40. The lowest BCUT2D eigenvalue weighted by molar-refractivity contribution is -0.156. The molecule has 5 rings (SSSR count). The summed E-state index contributed by atoms with van der Waals surface area (Å²) in [4.78, 5) is 12.3. The van der Waals surface area contributed by atoms with Crippen LogP contribution in [0.25, 0.3) is 11.3 Å². The van der Waals surface area contributed by atoms with E-state index in [1.807, 2.05) is 24.3 Å². The van der Waals surface area contributed by atoms with Crippen LogP contribution in [0.4, 0.5) is 0 Å². The number of carbonyl (C=O) groups excluding carboxylic acids is 1. The highest BCUT2D eigenvalue weighted by atomic mass is 16.7. The Morgan fingerprint density at radius 2 is 1.82 bits per heavy atom. The second-order valence-electron chi connectivity index (χ2n) is 6.22. The molecule has 28 heavy (non-hydrogen) atoms. The molecule has 0 aliphatic carbocycles. The van der Waals surface area contributed by atoms with E-state index < -0.39 is 12.1 Å². The van der Waals surface area contributed by atoms with E-state index in [1.54, 1.807) is 24.3 Å². The lowest BCUT2D eigenvalue weighted by Gasteiger charge is -2.24. The zero-order chi connectivity index (χ0) is 18.9. The summed E-state index contributed by atoms with van der Waals surface area (Å²) in [5.41, 5.74) is 1.27. The SMILES string of the molecule is O=C(OCc1cc(-c2ccc3c(c2)OCO3)on1)C1COc2ccccc2O1. The summed E-state index contributed by atoms with van der Waals surface area (Å²) in [6.07, 6.45) is -0.824. The van der Waals surface area contributed by atoms with Gasteiger partial charge in [0.15, 0.2) is 28.8 Å². The molecule has 0 N–H and O–H groups in total. The minimum Gasteiger partial charge on any atom is -0.485 e. The molecule has 2 aliphatic heterocycles. The second-order valence-corrected chi connectivity index (χ2v) is 6.22. The van der Waals surface area contributed by atoms with Gasteiger partial charge in [0.25, 0.3) is 0 Å². The number of hydrogen-bond donors (Lipinski definition) is 0. The molecule has 1 unspecified atom stereocenters. The fourth-order valence-corrected chi connectivity index (χ4v) is 2.94. The number of fused-ring (bicyclic) bond motifs is 2. The van der Waals surface area contributed by atoms with Crippen LogP contribution in [-0.2, 0) is 16.1 Å². The van der Waals surface area contributed by atoms with Gasteiger partial charge in [0.2, 0.25) is 12.9 Å². The molecule has 0 amide bonds. The Kier molecular flexibility index (Phi) is 4.01. The van der Waals surface area contributed by atoms with Gasteiger partial charge in [-0.3, -0.25) is 0 Å². The first kappa shape index (κ1) is 16.5. The first-order valence-corrected chi connectivity index (χ1v) is 8.67. The third-order valence-electron chi connectivity index (χ3n) is 4.35. The van der Waals surface area contributed by atoms with Gasteiger partial charge >= 0.3 is 5.97 Å². The maximum absolute atomic E-state index is 12.3. The molecule has 2 aromatic carbocycles. The number of carbonyl (C=O) groups is 1. The number of benzene rings is 2. The molecule has 0 spiro atoms. The van der Waals surface area contributed by atoms with Crippen molar-refractivity contribution in [2.45, 2.75) is 12.7 Å². The number of aromatic nitrogens is 1. The van der Waals surface area contributed by atoms with E-state index in [0.29, 0.717) is 34.5 Å². The number of nitrogens with zero attached hydrogens (tertiary/aromatic N) is 1. The van der Waals surface area contributed by atoms with Crippen molar-refractivity contribution >= 4 is 5.97 Å². The monoisotopic (exact) mass is 381 g/mol. The van der Waals surface area contributed by atoms with Gasteiger partial charge in [-0.2, -0.15) is 0 Å². The zero-order valence-corrected chi connectivity index (χ0v) is 14.6. The van der Waals surface area contributed by atoms with E-state index in [9.17, 15) is 4.79 Å². The highest BCUT2D eigenvalue weighted by Crippen LogP contribution is 2.36. The predicted molar refractivity (Wildman–Crippen MR) is 94.2 cm³/mol. The summed E-state index contributed by atoms with van der Waals surface area (Å²) in [5.74, 6) is 2.47. The van der Waals surface area contributed by atoms with Crippen LogP contribution in [0.3, 0.4) is 0 Å². The summed E-state index contributed by atoms with van der Waals surface area (Å²) in [6.45, 7) is 0.263. The van der Waals surface area contributed by atoms with E-state index in [0.717, 1.165) is 5.56 Å². The molecule has 0 saturated carbocycles. The maximum atomic E-state index is 12.3. The Bertz CT molecular complexity index is 1030. The summed E-state index contributed by atoms with van der Waals surface area (Å²) in [5, 5.41) is 3.94. The normalized spacial score (nSPS) is 16.6. The van der Waals surface area contributed by atoms with Gasteiger partial charge in [-0.1, -0.05) is 17.3 Å². The summed E-state index contributed by atoms with van der Waals surface area (Å²) >= 11 is 0. The summed E-state index contributed by atoms with van der Waals surface area (Å²) < 4.78 is 32.4. The van der Waals surface area contributed by atoms with Crippen molar-refractivity contribution < 1.29 is 33.0 Å². The van der Waals surface area contributed by atoms with Gasteiger partial charge < -0.3 is 28.2 Å². The van der Waals surface area contributed by atoms with Gasteiger partial charge in [-0.25, -0.2) is 4.79 Å². The minimum absolute atomic E-state index is 0.0333. The van der Waals surface area contributed by atoms with Crippen LogP contribution in [0.2, 0.25) is 0 Å². The Morgan fingerprint density at radius 3 is 2.75 bits per heavy atom. The number of rotatable bonds is 4. The molecule has 3 aromatic rings. The Labute approximate surface area is 159 Å². The molecule has 2 aliphatic rings. The van der Waals surface area contributed by atoms with Gasteiger partial charge in [0.1, 0.15) is 18.9 Å². The van der Waals surface area contributed by atoms with Crippen LogP contribution in [-0.4, -0.2) is 30.6 Å². The number of hydrogen-bond acceptors (Lipinski definition) is 8. The molecule has 0 saturated heterocycles. The summed E-state index contributed by atoms with van der Waals surface area (Å²) in [7, 11) is 0. The topological polar surface area (TPSA) is 89.3 Å². The smallest absolute Gasteiger partial charge is 0.351 e. The molecule has 0 radical (unpaired) electrons. The standard InChI is InChI=1S/C20H15NO7/c22-20(19-10-23-14-3-1-2-4-16(14)27-19)24-9-13-8-17(28-21-13)12-5-6-15-18(7-12)26-11-25-15/h1-8,19H,9-11H2. The minimum atomic E-state index is -0.824. The van der Waals surface area contributed by atoms with Gasteiger partial charge in [0.05, 0.1) is 0 Å². The first-order chi connectivity index (χ1) is 13.8. The quantitative estimate of drug-likeness (QED) is 0.638. The third-order valence-corrected chi connectivity index (χ3v) is 4.35. The Balaban J connectivity index is 1.21. The van der Waals surface area contributed by atoms with Crippen molar-refractivity contribution in [1.82, 2.24) is 5.16 Å². The van der Waals surface area contributed by atoms with Gasteiger partial charge in [-0.15, -0.1) is 0 Å². The molecule has 1 atom stereocenters. The largest absolute Gasteiger partial charge is 0.485 e. The van der Waals surface area contributed by atoms with Crippen molar-refractivity contribution in [2.24, 2.45) is 0 Å². The van der Waals surface area contributed by atoms with Crippen molar-refractivity contribution in [1.29, 1.82) is 0 Å². The molecular formula is C20H15NO7. The molecule has 0 fully saturated rings. The van der Waals surface area contributed by atoms with Crippen LogP contribution in [0, 0.1) is 0 Å². The first-order valence-electron chi connectivity index (χ1n) is 8.67. The molecule has 3 heterocycles. The zero-order valence-electron chi connectivity index (χ0n) is 14.6. The van der Waals surface area contributed by atoms with Crippen molar-refractivity contribution in [2.75, 3.05) is 13.4 Å². The average molecular weight is 381 g/mol. The third kappa shape index (κ3) is 3.09. The summed E-state index contributed by atoms with van der Waals surface area (Å²) in [6, 6.07) is 14.3. The molecule has 8 nitrogen and oxygen atoms in total. The highest BCUT2D eigenvalue weighted by molar-refractivity contribution is 5.76. The Morgan fingerprint density at radius 1 is 1.00 bits per heavy atom. The second kappa shape index (κ2) is 6.80. The van der Waals surface area contributed by atoms with E-state index in [1.165, 1.54) is 0 Å². The van der Waals surface area contributed by atoms with Crippen LogP contribution >= 0.6 is 0 Å². The van der Waals surface area contributed by atoms with Crippen LogP contribution < -0.4 is 18.9 Å². The van der Waals surface area contributed by atoms with Crippen molar-refractivity contribution in [3.63, 3.8) is 0 Å². The lowest BCUT2D eigenvalue weighted by atomic mass is 10.1. The van der Waals surface area contributed by atoms with E-state index in [2.05, 4.69) is 5.16 Å². The fourth-order valence-electron chi connectivity index (χ4n) is 2.94. The molecule has 8 heteroatoms. The van der Waals surface area contributed by atoms with Crippen molar-refractivity contribution in [3.05, 3.63) is 54.2 Å². The van der Waals surface area contributed by atoms with E-state index in [4.69, 9.17) is 28.2 Å². The maximum Gasteiger partial charge on any atom is 0.351 e. The van der Waals surface area contributed by atoms with Crippen LogP contribution in [0.15, 0.2) is 53.1 Å². The van der Waals surface area contributed by atoms with Crippen LogP contribution in [0.1, 0.15) is 5.69 Å². The van der Waals surface area contributed by atoms with Crippen molar-refractivity contribution in [3.8, 4) is 34.3 Å². The fraction of sp³-hybridized carbons (Fsp3) is 0.200. The predicted octanol–water partition coefficient (Wildman–Crippen LogP) is 2.95. The Hall–Kier alpha value is -3.68. The number of para-hydroxylation sites is 2. The molecular weight excluding hydrogens is 366 g/mol. The van der Waals surface area contributed by atoms with Crippen LogP contribution in [0.5, 0.6) is 23.0 Å². The number of ether oxygens (including phenoxy) is 5. The van der Waals surface area contributed by atoms with Gasteiger partial charge in [0, 0.05) is 11.6 Å². The van der Waals surface area contributed by atoms with E-state index >= 15 is 0 Å². The van der Waals surface area contributed by atoms with Gasteiger partial charge in [-0.05, 0) is 30.3 Å². The molecule has 0 bridgehead atoms. The molecule has 1 aromatic heterocycles. The highest BCUT2D eigenvalue weighted by Gasteiger charge is 2.29. The number of esters is 1. The van der Waals surface area contributed by atoms with E-state index in [-0.39, 0.29) is 20.0 Å². The molecule has 142 valence electrons. The lowest BCUT2D eigenvalue weighted by Crippen LogP contribution is -2.37.